The van der Waals surface area contributed by atoms with Crippen LogP contribution in [0.3, 0.4) is 0 Å². The third-order valence-electron chi connectivity index (χ3n) is 2.92. The molecule has 0 saturated heterocycles. The predicted molar refractivity (Wildman–Crippen MR) is 82.4 cm³/mol. The first-order chi connectivity index (χ1) is 10.6. The summed E-state index contributed by atoms with van der Waals surface area (Å²) in [5, 5.41) is 5.02. The number of rotatable bonds is 4. The summed E-state index contributed by atoms with van der Waals surface area (Å²) in [6, 6.07) is 5.13. The fourth-order valence-corrected chi connectivity index (χ4v) is 3.51. The normalized spacial score (nSPS) is 11.2. The molecule has 2 heterocycles. The quantitative estimate of drug-likeness (QED) is 0.685. The molecule has 0 atom stereocenters. The van der Waals surface area contributed by atoms with E-state index in [4.69, 9.17) is 0 Å². The van der Waals surface area contributed by atoms with Crippen molar-refractivity contribution in [1.82, 2.24) is 14.6 Å². The SMILES string of the molecule is CCc1nn2c(=O)cc(CSc3ccc(F)c(F)c3)nc2s1. The number of benzene rings is 1. The van der Waals surface area contributed by atoms with E-state index in [0.717, 1.165) is 23.6 Å². The average Bonchev–Trinajstić information content (AvgIpc) is 2.92. The smallest absolute Gasteiger partial charge is 0.267 e. The molecule has 114 valence electrons. The van der Waals surface area contributed by atoms with E-state index in [2.05, 4.69) is 10.1 Å². The second-order valence-electron chi connectivity index (χ2n) is 4.49. The molecule has 0 aliphatic heterocycles. The minimum atomic E-state index is -0.886. The maximum Gasteiger partial charge on any atom is 0.275 e. The molecule has 0 saturated carbocycles. The minimum Gasteiger partial charge on any atom is -0.267 e. The van der Waals surface area contributed by atoms with Crippen LogP contribution in [0, 0.1) is 11.6 Å². The van der Waals surface area contributed by atoms with Gasteiger partial charge in [-0.25, -0.2) is 13.8 Å². The summed E-state index contributed by atoms with van der Waals surface area (Å²) in [4.78, 5) is 17.5. The van der Waals surface area contributed by atoms with Crippen LogP contribution < -0.4 is 5.56 Å². The maximum atomic E-state index is 13.2. The number of hydrogen-bond acceptors (Lipinski definition) is 5. The van der Waals surface area contributed by atoms with E-state index in [1.54, 1.807) is 0 Å². The summed E-state index contributed by atoms with van der Waals surface area (Å²) >= 11 is 2.67. The largest absolute Gasteiger partial charge is 0.275 e. The van der Waals surface area contributed by atoms with Crippen molar-refractivity contribution in [2.24, 2.45) is 0 Å². The Hall–Kier alpha value is -1.80. The van der Waals surface area contributed by atoms with Gasteiger partial charge in [0.2, 0.25) is 4.96 Å². The summed E-state index contributed by atoms with van der Waals surface area (Å²) in [5.41, 5.74) is 0.355. The van der Waals surface area contributed by atoms with E-state index in [1.807, 2.05) is 6.92 Å². The molecule has 2 aromatic heterocycles. The molecule has 3 rings (SSSR count). The van der Waals surface area contributed by atoms with Crippen molar-refractivity contribution >= 4 is 28.1 Å². The number of thioether (sulfide) groups is 1. The lowest BCUT2D eigenvalue weighted by molar-refractivity contribution is 0.506. The van der Waals surface area contributed by atoms with Gasteiger partial charge in [-0.3, -0.25) is 4.79 Å². The van der Waals surface area contributed by atoms with Crippen molar-refractivity contribution in [1.29, 1.82) is 0 Å². The van der Waals surface area contributed by atoms with Gasteiger partial charge in [0.25, 0.3) is 5.56 Å². The van der Waals surface area contributed by atoms with E-state index in [-0.39, 0.29) is 5.56 Å². The lowest BCUT2D eigenvalue weighted by atomic mass is 10.3. The van der Waals surface area contributed by atoms with Crippen molar-refractivity contribution < 1.29 is 8.78 Å². The molecule has 4 nitrogen and oxygen atoms in total. The van der Waals surface area contributed by atoms with Crippen LogP contribution in [0.15, 0.2) is 34.0 Å². The van der Waals surface area contributed by atoms with E-state index < -0.39 is 11.6 Å². The molecule has 0 unspecified atom stereocenters. The fourth-order valence-electron chi connectivity index (χ4n) is 1.84. The zero-order valence-electron chi connectivity index (χ0n) is 11.5. The monoisotopic (exact) mass is 339 g/mol. The Labute approximate surface area is 132 Å². The van der Waals surface area contributed by atoms with Gasteiger partial charge < -0.3 is 0 Å². The van der Waals surface area contributed by atoms with Gasteiger partial charge in [-0.2, -0.15) is 9.61 Å². The molecule has 0 amide bonds. The summed E-state index contributed by atoms with van der Waals surface area (Å²) in [7, 11) is 0. The van der Waals surface area contributed by atoms with Gasteiger partial charge in [0, 0.05) is 16.7 Å². The highest BCUT2D eigenvalue weighted by molar-refractivity contribution is 7.98. The number of halogens is 2. The molecule has 0 radical (unpaired) electrons. The Balaban J connectivity index is 1.84. The summed E-state index contributed by atoms with van der Waals surface area (Å²) in [6.45, 7) is 1.96. The number of fused-ring (bicyclic) bond motifs is 1. The molecule has 0 spiro atoms. The van der Waals surface area contributed by atoms with E-state index >= 15 is 0 Å². The lowest BCUT2D eigenvalue weighted by Gasteiger charge is -2.02. The molecule has 0 bridgehead atoms. The zero-order chi connectivity index (χ0) is 15.7. The van der Waals surface area contributed by atoms with Crippen LogP contribution in [0.1, 0.15) is 17.6 Å². The molecule has 0 aliphatic rings. The third kappa shape index (κ3) is 3.02. The van der Waals surface area contributed by atoms with Crippen LogP contribution in [0.25, 0.3) is 4.96 Å². The van der Waals surface area contributed by atoms with Gasteiger partial charge >= 0.3 is 0 Å². The van der Waals surface area contributed by atoms with Crippen molar-refractivity contribution in [3.05, 3.63) is 57.0 Å². The molecule has 22 heavy (non-hydrogen) atoms. The number of aryl methyl sites for hydroxylation is 1. The Morgan fingerprint density at radius 1 is 1.27 bits per heavy atom. The predicted octanol–water partition coefficient (Wildman–Crippen LogP) is 3.28. The minimum absolute atomic E-state index is 0.234. The van der Waals surface area contributed by atoms with Gasteiger partial charge in [0.15, 0.2) is 11.6 Å². The number of hydrogen-bond donors (Lipinski definition) is 0. The Bertz CT molecular complexity index is 891. The molecular weight excluding hydrogens is 328 g/mol. The Kier molecular flexibility index (Phi) is 4.21. The highest BCUT2D eigenvalue weighted by atomic mass is 32.2. The highest BCUT2D eigenvalue weighted by Gasteiger charge is 2.09. The average molecular weight is 339 g/mol. The topological polar surface area (TPSA) is 47.3 Å². The number of nitrogens with zero attached hydrogens (tertiary/aromatic N) is 3. The van der Waals surface area contributed by atoms with Crippen molar-refractivity contribution in [3.63, 3.8) is 0 Å². The second kappa shape index (κ2) is 6.13. The Morgan fingerprint density at radius 3 is 2.82 bits per heavy atom. The van der Waals surface area contributed by atoms with Crippen molar-refractivity contribution in [2.45, 2.75) is 24.0 Å². The summed E-state index contributed by atoms with van der Waals surface area (Å²) in [5.74, 6) is -1.36. The van der Waals surface area contributed by atoms with Crippen LogP contribution in [0.4, 0.5) is 8.78 Å². The van der Waals surface area contributed by atoms with E-state index in [1.165, 1.54) is 39.7 Å². The Morgan fingerprint density at radius 2 is 2.09 bits per heavy atom. The fraction of sp³-hybridized carbons (Fsp3) is 0.214. The summed E-state index contributed by atoms with van der Waals surface area (Å²) in [6.07, 6.45) is 0.742. The standard InChI is InChI=1S/C14H11F2N3OS2/c1-2-12-18-19-13(20)5-8(17-14(19)22-12)7-21-9-3-4-10(15)11(16)6-9/h3-6H,2,7H2,1H3. The molecule has 1 aromatic carbocycles. The van der Waals surface area contributed by atoms with Crippen LogP contribution in [-0.2, 0) is 12.2 Å². The van der Waals surface area contributed by atoms with Crippen LogP contribution in [0.5, 0.6) is 0 Å². The van der Waals surface area contributed by atoms with Crippen LogP contribution in [0.2, 0.25) is 0 Å². The third-order valence-corrected chi connectivity index (χ3v) is 5.00. The maximum absolute atomic E-state index is 13.2. The highest BCUT2D eigenvalue weighted by Crippen LogP contribution is 2.24. The van der Waals surface area contributed by atoms with E-state index in [0.29, 0.717) is 21.3 Å². The number of aromatic nitrogens is 3. The van der Waals surface area contributed by atoms with Gasteiger partial charge in [0.05, 0.1) is 5.69 Å². The van der Waals surface area contributed by atoms with Crippen molar-refractivity contribution in [2.75, 3.05) is 0 Å². The van der Waals surface area contributed by atoms with E-state index in [9.17, 15) is 13.6 Å². The molecule has 0 aliphatic carbocycles. The first-order valence-electron chi connectivity index (χ1n) is 6.53. The molecular formula is C14H11F2N3OS2. The lowest BCUT2D eigenvalue weighted by Crippen LogP contribution is -2.15. The van der Waals surface area contributed by atoms with Gasteiger partial charge in [-0.15, -0.1) is 11.8 Å². The molecule has 0 N–H and O–H groups in total. The zero-order valence-corrected chi connectivity index (χ0v) is 13.2. The van der Waals surface area contributed by atoms with Gasteiger partial charge in [0.1, 0.15) is 5.01 Å². The molecule has 8 heteroatoms. The molecule has 3 aromatic rings. The second-order valence-corrected chi connectivity index (χ2v) is 6.58. The summed E-state index contributed by atoms with van der Waals surface area (Å²) < 4.78 is 27.3. The van der Waals surface area contributed by atoms with Crippen LogP contribution >= 0.6 is 23.1 Å². The first kappa shape index (κ1) is 15.1. The molecule has 0 fully saturated rings. The van der Waals surface area contributed by atoms with Crippen molar-refractivity contribution in [3.8, 4) is 0 Å². The van der Waals surface area contributed by atoms with Gasteiger partial charge in [-0.05, 0) is 24.6 Å². The van der Waals surface area contributed by atoms with Gasteiger partial charge in [-0.1, -0.05) is 18.3 Å². The van der Waals surface area contributed by atoms with Crippen LogP contribution in [-0.4, -0.2) is 14.6 Å². The first-order valence-corrected chi connectivity index (χ1v) is 8.33.